The first-order valence-corrected chi connectivity index (χ1v) is 8.56. The Morgan fingerprint density at radius 1 is 1.38 bits per heavy atom. The summed E-state index contributed by atoms with van der Waals surface area (Å²) in [5, 5.41) is 4.60. The molecule has 1 aromatic heterocycles. The van der Waals surface area contributed by atoms with Crippen molar-refractivity contribution >= 4 is 5.91 Å². The summed E-state index contributed by atoms with van der Waals surface area (Å²) in [6.07, 6.45) is 2.64. The fraction of sp³-hybridized carbons (Fsp3) is 0.474. The van der Waals surface area contributed by atoms with Crippen molar-refractivity contribution in [3.8, 4) is 11.3 Å². The van der Waals surface area contributed by atoms with Crippen LogP contribution in [0.15, 0.2) is 36.4 Å². The van der Waals surface area contributed by atoms with E-state index in [1.54, 1.807) is 0 Å². The number of hydrogen-bond acceptors (Lipinski definition) is 3. The van der Waals surface area contributed by atoms with E-state index in [1.165, 1.54) is 5.56 Å². The van der Waals surface area contributed by atoms with Crippen LogP contribution >= 0.6 is 0 Å². The average Bonchev–Trinajstić information content (AvgIpc) is 3.25. The van der Waals surface area contributed by atoms with Gasteiger partial charge in [-0.2, -0.15) is 5.10 Å². The predicted molar refractivity (Wildman–Crippen MR) is 93.5 cm³/mol. The maximum absolute atomic E-state index is 12.3. The van der Waals surface area contributed by atoms with Crippen molar-refractivity contribution < 1.29 is 9.53 Å². The first-order valence-electron chi connectivity index (χ1n) is 8.56. The molecule has 1 amide bonds. The Morgan fingerprint density at radius 3 is 2.88 bits per heavy atom. The minimum absolute atomic E-state index is 0.0505. The maximum atomic E-state index is 12.3. The lowest BCUT2D eigenvalue weighted by molar-refractivity contribution is -0.134. The monoisotopic (exact) mass is 327 g/mol. The molecule has 1 saturated heterocycles. The number of ether oxygens (including phenoxy) is 1. The van der Waals surface area contributed by atoms with Gasteiger partial charge in [-0.1, -0.05) is 30.3 Å². The molecule has 5 nitrogen and oxygen atoms in total. The summed E-state index contributed by atoms with van der Waals surface area (Å²) in [4.78, 5) is 14.1. The van der Waals surface area contributed by atoms with Crippen LogP contribution in [0, 0.1) is 5.92 Å². The number of aromatic nitrogens is 2. The maximum Gasteiger partial charge on any atom is 0.227 e. The SMILES string of the molecule is CN(CCCc1cc(-c2ccccc2)n(C)n1)C(=O)C1CCOC1. The highest BCUT2D eigenvalue weighted by Crippen LogP contribution is 2.20. The molecule has 1 aliphatic rings. The third kappa shape index (κ3) is 3.85. The third-order valence-electron chi connectivity index (χ3n) is 4.58. The van der Waals surface area contributed by atoms with Crippen molar-refractivity contribution in [2.45, 2.75) is 19.3 Å². The highest BCUT2D eigenvalue weighted by molar-refractivity contribution is 5.78. The van der Waals surface area contributed by atoms with E-state index in [2.05, 4.69) is 23.3 Å². The molecule has 2 heterocycles. The Labute approximate surface area is 143 Å². The molecule has 1 aliphatic heterocycles. The van der Waals surface area contributed by atoms with Gasteiger partial charge in [0, 0.05) is 27.2 Å². The van der Waals surface area contributed by atoms with Gasteiger partial charge in [-0.3, -0.25) is 9.48 Å². The molecular formula is C19H25N3O2. The fourth-order valence-corrected chi connectivity index (χ4v) is 3.18. The average molecular weight is 327 g/mol. The zero-order chi connectivity index (χ0) is 16.9. The van der Waals surface area contributed by atoms with E-state index >= 15 is 0 Å². The summed E-state index contributed by atoms with van der Waals surface area (Å²) < 4.78 is 7.23. The lowest BCUT2D eigenvalue weighted by Gasteiger charge is -2.19. The minimum Gasteiger partial charge on any atom is -0.381 e. The Morgan fingerprint density at radius 2 is 2.17 bits per heavy atom. The van der Waals surface area contributed by atoms with Crippen LogP contribution in [0.25, 0.3) is 11.3 Å². The lowest BCUT2D eigenvalue weighted by atomic mass is 10.1. The van der Waals surface area contributed by atoms with Crippen LogP contribution in [0.2, 0.25) is 0 Å². The number of rotatable bonds is 6. The zero-order valence-electron chi connectivity index (χ0n) is 14.4. The van der Waals surface area contributed by atoms with Crippen molar-refractivity contribution in [3.05, 3.63) is 42.1 Å². The third-order valence-corrected chi connectivity index (χ3v) is 4.58. The summed E-state index contributed by atoms with van der Waals surface area (Å²) >= 11 is 0. The van der Waals surface area contributed by atoms with Crippen molar-refractivity contribution in [1.29, 1.82) is 0 Å². The summed E-state index contributed by atoms with van der Waals surface area (Å²) in [7, 11) is 3.86. The second-order valence-electron chi connectivity index (χ2n) is 6.43. The van der Waals surface area contributed by atoms with Crippen molar-refractivity contribution in [2.75, 3.05) is 26.8 Å². The van der Waals surface area contributed by atoms with Crippen LogP contribution in [0.1, 0.15) is 18.5 Å². The quantitative estimate of drug-likeness (QED) is 0.819. The Hall–Kier alpha value is -2.14. The highest BCUT2D eigenvalue weighted by Gasteiger charge is 2.25. The van der Waals surface area contributed by atoms with Gasteiger partial charge < -0.3 is 9.64 Å². The van der Waals surface area contributed by atoms with Gasteiger partial charge in [0.25, 0.3) is 0 Å². The predicted octanol–water partition coefficient (Wildman–Crippen LogP) is 2.51. The standard InChI is InChI=1S/C19H25N3O2/c1-21(19(23)16-10-12-24-14-16)11-6-9-17-13-18(22(2)20-17)15-7-4-3-5-8-15/h3-5,7-8,13,16H,6,9-12,14H2,1-2H3. The molecule has 24 heavy (non-hydrogen) atoms. The summed E-state index contributed by atoms with van der Waals surface area (Å²) in [6, 6.07) is 12.4. The smallest absolute Gasteiger partial charge is 0.227 e. The second kappa shape index (κ2) is 7.62. The molecule has 0 spiro atoms. The van der Waals surface area contributed by atoms with Gasteiger partial charge in [0.2, 0.25) is 5.91 Å². The van der Waals surface area contributed by atoms with Crippen molar-refractivity contribution in [1.82, 2.24) is 14.7 Å². The molecule has 1 aromatic carbocycles. The summed E-state index contributed by atoms with van der Waals surface area (Å²) in [6.45, 7) is 2.04. The second-order valence-corrected chi connectivity index (χ2v) is 6.43. The molecule has 0 saturated carbocycles. The van der Waals surface area contributed by atoms with Gasteiger partial charge in [-0.25, -0.2) is 0 Å². The van der Waals surface area contributed by atoms with E-state index in [0.29, 0.717) is 13.2 Å². The normalized spacial score (nSPS) is 17.2. The minimum atomic E-state index is 0.0505. The molecule has 0 bridgehead atoms. The molecule has 5 heteroatoms. The topological polar surface area (TPSA) is 47.4 Å². The largest absolute Gasteiger partial charge is 0.381 e. The van der Waals surface area contributed by atoms with E-state index < -0.39 is 0 Å². The number of nitrogens with zero attached hydrogens (tertiary/aromatic N) is 3. The van der Waals surface area contributed by atoms with Gasteiger partial charge in [-0.05, 0) is 30.9 Å². The number of aryl methyl sites for hydroxylation is 2. The van der Waals surface area contributed by atoms with E-state index in [-0.39, 0.29) is 11.8 Å². The van der Waals surface area contributed by atoms with Gasteiger partial charge >= 0.3 is 0 Å². The Bertz CT molecular complexity index is 675. The zero-order valence-corrected chi connectivity index (χ0v) is 14.4. The molecule has 2 aromatic rings. The number of hydrogen-bond donors (Lipinski definition) is 0. The van der Waals surface area contributed by atoms with Crippen LogP contribution in [0.3, 0.4) is 0 Å². The van der Waals surface area contributed by atoms with Gasteiger partial charge in [0.1, 0.15) is 0 Å². The number of benzene rings is 1. The van der Waals surface area contributed by atoms with Crippen molar-refractivity contribution in [2.24, 2.45) is 13.0 Å². The molecule has 128 valence electrons. The van der Waals surface area contributed by atoms with Crippen LogP contribution in [0.5, 0.6) is 0 Å². The van der Waals surface area contributed by atoms with E-state index in [4.69, 9.17) is 4.74 Å². The van der Waals surface area contributed by atoms with Gasteiger partial charge in [0.15, 0.2) is 0 Å². The van der Waals surface area contributed by atoms with E-state index in [1.807, 2.05) is 41.9 Å². The van der Waals surface area contributed by atoms with Crippen LogP contribution in [-0.4, -0.2) is 47.4 Å². The summed E-state index contributed by atoms with van der Waals surface area (Å²) in [5.41, 5.74) is 3.37. The summed E-state index contributed by atoms with van der Waals surface area (Å²) in [5.74, 6) is 0.257. The Kier molecular flexibility index (Phi) is 5.30. The molecule has 3 rings (SSSR count). The fourth-order valence-electron chi connectivity index (χ4n) is 3.18. The highest BCUT2D eigenvalue weighted by atomic mass is 16.5. The molecule has 1 atom stereocenters. The Balaban J connectivity index is 1.53. The first-order chi connectivity index (χ1) is 11.6. The van der Waals surface area contributed by atoms with Crippen molar-refractivity contribution in [3.63, 3.8) is 0 Å². The lowest BCUT2D eigenvalue weighted by Crippen LogP contribution is -2.34. The molecule has 1 fully saturated rings. The molecule has 0 aliphatic carbocycles. The van der Waals surface area contributed by atoms with Crippen LogP contribution < -0.4 is 0 Å². The van der Waals surface area contributed by atoms with Crippen LogP contribution in [-0.2, 0) is 23.0 Å². The van der Waals surface area contributed by atoms with Crippen LogP contribution in [0.4, 0.5) is 0 Å². The number of amides is 1. The van der Waals surface area contributed by atoms with E-state index in [0.717, 1.165) is 37.2 Å². The molecule has 1 unspecified atom stereocenters. The van der Waals surface area contributed by atoms with Gasteiger partial charge in [-0.15, -0.1) is 0 Å². The first kappa shape index (κ1) is 16.7. The molecule has 0 radical (unpaired) electrons. The molecule has 0 N–H and O–H groups in total. The molecular weight excluding hydrogens is 302 g/mol. The van der Waals surface area contributed by atoms with Gasteiger partial charge in [0.05, 0.1) is 23.9 Å². The number of carbonyl (C=O) groups is 1. The number of carbonyl (C=O) groups excluding carboxylic acids is 1. The van der Waals surface area contributed by atoms with E-state index in [9.17, 15) is 4.79 Å².